The van der Waals surface area contributed by atoms with E-state index >= 15 is 0 Å². The van der Waals surface area contributed by atoms with E-state index in [9.17, 15) is 8.42 Å². The van der Waals surface area contributed by atoms with Gasteiger partial charge in [0, 0.05) is 5.69 Å². The minimum atomic E-state index is -3.77. The second kappa shape index (κ2) is 5.61. The van der Waals surface area contributed by atoms with Gasteiger partial charge in [0.2, 0.25) is 10.0 Å². The van der Waals surface area contributed by atoms with Gasteiger partial charge < -0.3 is 5.73 Å². The first kappa shape index (κ1) is 14.8. The second-order valence-electron chi connectivity index (χ2n) is 4.20. The van der Waals surface area contributed by atoms with E-state index < -0.39 is 16.1 Å². The van der Waals surface area contributed by atoms with Crippen molar-refractivity contribution in [3.05, 3.63) is 23.2 Å². The fourth-order valence-corrected chi connectivity index (χ4v) is 3.16. The molecule has 0 radical (unpaired) electrons. The maximum absolute atomic E-state index is 12.1. The summed E-state index contributed by atoms with van der Waals surface area (Å²) in [5, 5.41) is 0.108. The van der Waals surface area contributed by atoms with Crippen LogP contribution in [0.15, 0.2) is 23.1 Å². The van der Waals surface area contributed by atoms with Gasteiger partial charge in [-0.2, -0.15) is 4.72 Å². The van der Waals surface area contributed by atoms with Crippen LogP contribution in [0.25, 0.3) is 0 Å². The van der Waals surface area contributed by atoms with Gasteiger partial charge in [-0.15, -0.1) is 6.42 Å². The highest BCUT2D eigenvalue weighted by Gasteiger charge is 2.23. The fraction of sp³-hybridized carbons (Fsp3) is 0.333. The number of hydrogen-bond acceptors (Lipinski definition) is 3. The molecule has 98 valence electrons. The first-order valence-corrected chi connectivity index (χ1v) is 7.17. The van der Waals surface area contributed by atoms with Gasteiger partial charge in [0.05, 0.1) is 11.1 Å². The van der Waals surface area contributed by atoms with E-state index in [4.69, 9.17) is 23.8 Å². The van der Waals surface area contributed by atoms with Gasteiger partial charge in [-0.1, -0.05) is 31.4 Å². The molecule has 0 aliphatic carbocycles. The molecule has 1 unspecified atom stereocenters. The fourth-order valence-electron chi connectivity index (χ4n) is 1.32. The van der Waals surface area contributed by atoms with E-state index in [-0.39, 0.29) is 15.8 Å². The molecule has 0 bridgehead atoms. The highest BCUT2D eigenvalue weighted by Crippen LogP contribution is 2.24. The molecule has 18 heavy (non-hydrogen) atoms. The lowest BCUT2D eigenvalue weighted by Crippen LogP contribution is -2.37. The van der Waals surface area contributed by atoms with Crippen LogP contribution in [0, 0.1) is 18.3 Å². The molecule has 1 atom stereocenters. The molecule has 0 spiro atoms. The average molecular weight is 287 g/mol. The number of nitrogens with two attached hydrogens (primary N) is 1. The van der Waals surface area contributed by atoms with Crippen LogP contribution in [-0.2, 0) is 10.0 Å². The molecule has 1 aromatic carbocycles. The molecule has 0 aliphatic rings. The Balaban J connectivity index is 3.15. The van der Waals surface area contributed by atoms with Gasteiger partial charge in [-0.25, -0.2) is 8.42 Å². The third kappa shape index (κ3) is 3.39. The zero-order valence-corrected chi connectivity index (χ0v) is 11.7. The van der Waals surface area contributed by atoms with Crippen molar-refractivity contribution in [2.75, 3.05) is 5.73 Å². The predicted octanol–water partition coefficient (Wildman–Crippen LogP) is 1.86. The lowest BCUT2D eigenvalue weighted by Gasteiger charge is -2.17. The zero-order chi connectivity index (χ0) is 13.9. The highest BCUT2D eigenvalue weighted by molar-refractivity contribution is 7.89. The topological polar surface area (TPSA) is 72.2 Å². The third-order valence-electron chi connectivity index (χ3n) is 2.37. The molecule has 0 amide bonds. The Kier molecular flexibility index (Phi) is 4.63. The van der Waals surface area contributed by atoms with Gasteiger partial charge in [-0.05, 0) is 24.1 Å². The van der Waals surface area contributed by atoms with Gasteiger partial charge in [0.25, 0.3) is 0 Å². The first-order valence-electron chi connectivity index (χ1n) is 5.31. The largest absolute Gasteiger partial charge is 0.399 e. The maximum atomic E-state index is 12.1. The summed E-state index contributed by atoms with van der Waals surface area (Å²) >= 11 is 5.86. The molecule has 6 heteroatoms. The number of benzene rings is 1. The maximum Gasteiger partial charge on any atom is 0.243 e. The molecule has 0 saturated carbocycles. The number of halogens is 1. The van der Waals surface area contributed by atoms with Crippen molar-refractivity contribution in [1.29, 1.82) is 0 Å². The molecule has 0 fully saturated rings. The van der Waals surface area contributed by atoms with Crippen molar-refractivity contribution in [3.63, 3.8) is 0 Å². The van der Waals surface area contributed by atoms with Crippen LogP contribution in [0.3, 0.4) is 0 Å². The lowest BCUT2D eigenvalue weighted by atomic mass is 10.1. The Hall–Kier alpha value is -1.22. The molecular weight excluding hydrogens is 272 g/mol. The summed E-state index contributed by atoms with van der Waals surface area (Å²) in [5.74, 6) is 2.37. The van der Waals surface area contributed by atoms with Crippen LogP contribution < -0.4 is 10.5 Å². The van der Waals surface area contributed by atoms with E-state index in [2.05, 4.69) is 10.6 Å². The van der Waals surface area contributed by atoms with Crippen molar-refractivity contribution in [2.45, 2.75) is 24.8 Å². The van der Waals surface area contributed by atoms with E-state index in [1.165, 1.54) is 18.2 Å². The Morgan fingerprint density at radius 1 is 1.44 bits per heavy atom. The Labute approximate surface area is 113 Å². The number of terminal acetylenes is 1. The number of rotatable bonds is 4. The van der Waals surface area contributed by atoms with Crippen LogP contribution in [0.1, 0.15) is 13.8 Å². The van der Waals surface area contributed by atoms with Gasteiger partial charge in [0.1, 0.15) is 4.90 Å². The highest BCUT2D eigenvalue weighted by atomic mass is 35.5. The summed E-state index contributed by atoms with van der Waals surface area (Å²) in [4.78, 5) is -0.0648. The van der Waals surface area contributed by atoms with Gasteiger partial charge in [0.15, 0.2) is 0 Å². The van der Waals surface area contributed by atoms with Crippen LogP contribution in [-0.4, -0.2) is 14.5 Å². The number of sulfonamides is 1. The third-order valence-corrected chi connectivity index (χ3v) is 4.30. The quantitative estimate of drug-likeness (QED) is 0.655. The van der Waals surface area contributed by atoms with E-state index in [0.29, 0.717) is 5.69 Å². The first-order chi connectivity index (χ1) is 8.27. The Morgan fingerprint density at radius 3 is 2.56 bits per heavy atom. The summed E-state index contributed by atoms with van der Waals surface area (Å²) in [6, 6.07) is 3.68. The van der Waals surface area contributed by atoms with Crippen molar-refractivity contribution in [1.82, 2.24) is 4.72 Å². The van der Waals surface area contributed by atoms with E-state index in [0.717, 1.165) is 0 Å². The zero-order valence-electron chi connectivity index (χ0n) is 10.1. The standard InChI is InChI=1S/C12H15ClN2O2S/c1-4-11(8(2)3)15-18(16,17)12-7-9(14)5-6-10(12)13/h1,5-8,11,15H,14H2,2-3H3. The molecule has 0 aliphatic heterocycles. The molecule has 0 saturated heterocycles. The predicted molar refractivity (Wildman–Crippen MR) is 73.6 cm³/mol. The van der Waals surface area contributed by atoms with Crippen molar-refractivity contribution < 1.29 is 8.42 Å². The normalized spacial score (nSPS) is 13.3. The number of nitrogens with one attached hydrogen (secondary N) is 1. The SMILES string of the molecule is C#CC(NS(=O)(=O)c1cc(N)ccc1Cl)C(C)C. The Morgan fingerprint density at radius 2 is 2.06 bits per heavy atom. The number of hydrogen-bond donors (Lipinski definition) is 2. The summed E-state index contributed by atoms with van der Waals surface area (Å²) in [7, 11) is -3.77. The minimum Gasteiger partial charge on any atom is -0.399 e. The van der Waals surface area contributed by atoms with Crippen LogP contribution in [0.2, 0.25) is 5.02 Å². The monoisotopic (exact) mass is 286 g/mol. The van der Waals surface area contributed by atoms with E-state index in [1.807, 2.05) is 13.8 Å². The molecular formula is C12H15ClN2O2S. The number of nitrogen functional groups attached to an aromatic ring is 1. The number of anilines is 1. The van der Waals surface area contributed by atoms with Crippen LogP contribution >= 0.6 is 11.6 Å². The summed E-state index contributed by atoms with van der Waals surface area (Å²) in [6.07, 6.45) is 5.29. The van der Waals surface area contributed by atoms with E-state index in [1.54, 1.807) is 0 Å². The summed E-state index contributed by atoms with van der Waals surface area (Å²) in [6.45, 7) is 3.65. The van der Waals surface area contributed by atoms with Crippen molar-refractivity contribution >= 4 is 27.3 Å². The van der Waals surface area contributed by atoms with Crippen molar-refractivity contribution in [3.8, 4) is 12.3 Å². The smallest absolute Gasteiger partial charge is 0.243 e. The molecule has 1 rings (SSSR count). The molecule has 4 nitrogen and oxygen atoms in total. The second-order valence-corrected chi connectivity index (χ2v) is 6.29. The molecule has 1 aromatic rings. The Bertz CT molecular complexity index is 576. The lowest BCUT2D eigenvalue weighted by molar-refractivity contribution is 0.518. The average Bonchev–Trinajstić information content (AvgIpc) is 2.28. The van der Waals surface area contributed by atoms with Crippen molar-refractivity contribution in [2.24, 2.45) is 5.92 Å². The molecule has 0 heterocycles. The van der Waals surface area contributed by atoms with Crippen LogP contribution in [0.4, 0.5) is 5.69 Å². The van der Waals surface area contributed by atoms with Crippen LogP contribution in [0.5, 0.6) is 0 Å². The minimum absolute atomic E-state index is 0.0235. The molecule has 3 N–H and O–H groups in total. The van der Waals surface area contributed by atoms with Gasteiger partial charge >= 0.3 is 0 Å². The summed E-state index contributed by atoms with van der Waals surface area (Å²) in [5.41, 5.74) is 5.88. The molecule has 0 aromatic heterocycles. The van der Waals surface area contributed by atoms with Gasteiger partial charge in [-0.3, -0.25) is 0 Å². The summed E-state index contributed by atoms with van der Waals surface area (Å²) < 4.78 is 26.7.